The first kappa shape index (κ1) is 17.9. The van der Waals surface area contributed by atoms with Crippen LogP contribution in [0.25, 0.3) is 0 Å². The van der Waals surface area contributed by atoms with Gasteiger partial charge in [-0.2, -0.15) is 4.72 Å². The zero-order valence-electron chi connectivity index (χ0n) is 13.8. The number of hydrogen-bond acceptors (Lipinski definition) is 2. The fourth-order valence-electron chi connectivity index (χ4n) is 2.34. The normalized spacial score (nSPS) is 12.0. The molecule has 3 aromatic rings. The molecule has 1 N–H and O–H groups in total. The van der Waals surface area contributed by atoms with Crippen LogP contribution in [-0.4, -0.2) is 8.42 Å². The van der Waals surface area contributed by atoms with Crippen molar-refractivity contribution in [1.29, 1.82) is 0 Å². The fourth-order valence-corrected chi connectivity index (χ4v) is 3.49. The average molecular weight is 365 g/mol. The van der Waals surface area contributed by atoms with E-state index in [2.05, 4.69) is 16.6 Å². The number of rotatable bonds is 4. The molecule has 0 saturated carbocycles. The van der Waals surface area contributed by atoms with Gasteiger partial charge in [0.25, 0.3) is 0 Å². The molecule has 1 unspecified atom stereocenters. The van der Waals surface area contributed by atoms with Gasteiger partial charge in [0.2, 0.25) is 10.0 Å². The summed E-state index contributed by atoms with van der Waals surface area (Å²) < 4.78 is 41.1. The van der Waals surface area contributed by atoms with E-state index in [1.54, 1.807) is 18.2 Å². The van der Waals surface area contributed by atoms with E-state index < -0.39 is 21.9 Å². The molecule has 26 heavy (non-hydrogen) atoms. The third-order valence-corrected chi connectivity index (χ3v) is 5.10. The van der Waals surface area contributed by atoms with Crippen molar-refractivity contribution >= 4 is 10.0 Å². The largest absolute Gasteiger partial charge is 0.241 e. The zero-order chi connectivity index (χ0) is 18.4. The molecule has 0 spiro atoms. The minimum atomic E-state index is -3.77. The summed E-state index contributed by atoms with van der Waals surface area (Å²) in [5.41, 5.74) is 1.33. The van der Waals surface area contributed by atoms with Crippen LogP contribution in [0.15, 0.2) is 89.8 Å². The van der Waals surface area contributed by atoms with E-state index in [4.69, 9.17) is 0 Å². The second-order valence-corrected chi connectivity index (χ2v) is 7.27. The average Bonchev–Trinajstić information content (AvgIpc) is 2.67. The second-order valence-electron chi connectivity index (χ2n) is 5.55. The third-order valence-electron chi connectivity index (χ3n) is 3.66. The van der Waals surface area contributed by atoms with Gasteiger partial charge in [-0.3, -0.25) is 0 Å². The van der Waals surface area contributed by atoms with E-state index in [1.165, 1.54) is 36.4 Å². The van der Waals surface area contributed by atoms with E-state index >= 15 is 0 Å². The molecule has 3 rings (SSSR count). The van der Waals surface area contributed by atoms with Crippen molar-refractivity contribution in [3.63, 3.8) is 0 Å². The Morgan fingerprint density at radius 1 is 0.808 bits per heavy atom. The summed E-state index contributed by atoms with van der Waals surface area (Å²) in [7, 11) is -3.77. The maximum atomic E-state index is 13.2. The van der Waals surface area contributed by atoms with Gasteiger partial charge in [0.1, 0.15) is 11.9 Å². The Hall–Kier alpha value is -2.94. The molecule has 0 radical (unpaired) electrons. The van der Waals surface area contributed by atoms with Gasteiger partial charge >= 0.3 is 0 Å². The molecule has 0 aliphatic rings. The van der Waals surface area contributed by atoms with Gasteiger partial charge in [0.15, 0.2) is 0 Å². The monoisotopic (exact) mass is 365 g/mol. The Morgan fingerprint density at radius 3 is 2.00 bits per heavy atom. The van der Waals surface area contributed by atoms with Crippen LogP contribution in [0.1, 0.15) is 17.2 Å². The van der Waals surface area contributed by atoms with E-state index in [0.717, 1.165) is 5.56 Å². The molecule has 0 aliphatic carbocycles. The van der Waals surface area contributed by atoms with Crippen LogP contribution in [0.3, 0.4) is 0 Å². The van der Waals surface area contributed by atoms with Crippen LogP contribution in [0.4, 0.5) is 4.39 Å². The predicted octanol–water partition coefficient (Wildman–Crippen LogP) is 3.90. The van der Waals surface area contributed by atoms with Gasteiger partial charge in [0, 0.05) is 5.56 Å². The highest BCUT2D eigenvalue weighted by Gasteiger charge is 2.20. The van der Waals surface area contributed by atoms with Gasteiger partial charge in [-0.05, 0) is 42.0 Å². The first-order chi connectivity index (χ1) is 12.5. The highest BCUT2D eigenvalue weighted by molar-refractivity contribution is 7.89. The number of halogens is 1. The highest BCUT2D eigenvalue weighted by atomic mass is 32.2. The van der Waals surface area contributed by atoms with Gasteiger partial charge in [-0.1, -0.05) is 60.4 Å². The Bertz CT molecular complexity index is 1020. The summed E-state index contributed by atoms with van der Waals surface area (Å²) in [4.78, 5) is 0.147. The highest BCUT2D eigenvalue weighted by Crippen LogP contribution is 2.17. The molecule has 0 fully saturated rings. The lowest BCUT2D eigenvalue weighted by Gasteiger charge is -2.14. The molecule has 3 aromatic carbocycles. The molecular formula is C21H16FNO2S. The van der Waals surface area contributed by atoms with Crippen LogP contribution in [0.2, 0.25) is 0 Å². The number of benzene rings is 3. The Morgan fingerprint density at radius 2 is 1.38 bits per heavy atom. The number of sulfonamides is 1. The van der Waals surface area contributed by atoms with E-state index in [1.807, 2.05) is 30.3 Å². The van der Waals surface area contributed by atoms with Crippen molar-refractivity contribution in [2.75, 3.05) is 0 Å². The first-order valence-electron chi connectivity index (χ1n) is 7.94. The van der Waals surface area contributed by atoms with Crippen LogP contribution < -0.4 is 4.72 Å². The lowest BCUT2D eigenvalue weighted by atomic mass is 10.1. The fraction of sp³-hybridized carbons (Fsp3) is 0.0476. The van der Waals surface area contributed by atoms with Gasteiger partial charge < -0.3 is 0 Å². The quantitative estimate of drug-likeness (QED) is 0.713. The maximum Gasteiger partial charge on any atom is 0.241 e. The Kier molecular flexibility index (Phi) is 5.47. The third kappa shape index (κ3) is 4.57. The Labute approximate surface area is 152 Å². The minimum Gasteiger partial charge on any atom is -0.207 e. The van der Waals surface area contributed by atoms with E-state index in [0.29, 0.717) is 5.56 Å². The molecular weight excluding hydrogens is 349 g/mol. The van der Waals surface area contributed by atoms with Crippen LogP contribution in [0.5, 0.6) is 0 Å². The van der Waals surface area contributed by atoms with Gasteiger partial charge in [-0.25, -0.2) is 12.8 Å². The topological polar surface area (TPSA) is 46.2 Å². The van der Waals surface area contributed by atoms with Crippen LogP contribution in [0, 0.1) is 17.7 Å². The first-order valence-corrected chi connectivity index (χ1v) is 9.42. The Balaban J connectivity index is 1.96. The molecule has 0 heterocycles. The second kappa shape index (κ2) is 7.96. The molecule has 3 nitrogen and oxygen atoms in total. The molecule has 5 heteroatoms. The summed E-state index contributed by atoms with van der Waals surface area (Å²) in [6.45, 7) is 0. The van der Waals surface area contributed by atoms with E-state index in [-0.39, 0.29) is 4.90 Å². The summed E-state index contributed by atoms with van der Waals surface area (Å²) in [6, 6.07) is 22.1. The van der Waals surface area contributed by atoms with Crippen molar-refractivity contribution in [2.24, 2.45) is 0 Å². The van der Waals surface area contributed by atoms with Gasteiger partial charge in [-0.15, -0.1) is 0 Å². The zero-order valence-corrected chi connectivity index (χ0v) is 14.6. The smallest absolute Gasteiger partial charge is 0.207 e. The lowest BCUT2D eigenvalue weighted by Crippen LogP contribution is -2.28. The van der Waals surface area contributed by atoms with Crippen molar-refractivity contribution in [3.8, 4) is 11.8 Å². The van der Waals surface area contributed by atoms with Crippen molar-refractivity contribution in [2.45, 2.75) is 10.9 Å². The van der Waals surface area contributed by atoms with Crippen molar-refractivity contribution < 1.29 is 12.8 Å². The van der Waals surface area contributed by atoms with Crippen molar-refractivity contribution in [1.82, 2.24) is 4.72 Å². The van der Waals surface area contributed by atoms with E-state index in [9.17, 15) is 12.8 Å². The number of nitrogens with one attached hydrogen (secondary N) is 1. The van der Waals surface area contributed by atoms with Gasteiger partial charge in [0.05, 0.1) is 4.90 Å². The summed E-state index contributed by atoms with van der Waals surface area (Å²) in [5.74, 6) is 5.50. The predicted molar refractivity (Wildman–Crippen MR) is 99.2 cm³/mol. The molecule has 0 bridgehead atoms. The SMILES string of the molecule is O=S(=O)(NC(C#Cc1ccccc1)c1ccc(F)cc1)c1ccccc1. The molecule has 0 aliphatic heterocycles. The summed E-state index contributed by atoms with van der Waals surface area (Å²) in [6.07, 6.45) is 0. The standard InChI is InChI=1S/C21H16FNO2S/c22-19-14-12-18(13-15-19)21(16-11-17-7-3-1-4-8-17)23-26(24,25)20-9-5-2-6-10-20/h1-10,12-15,21,23H. The lowest BCUT2D eigenvalue weighted by molar-refractivity contribution is 0.576. The van der Waals surface area contributed by atoms with Crippen LogP contribution >= 0.6 is 0 Å². The summed E-state index contributed by atoms with van der Waals surface area (Å²) in [5, 5.41) is 0. The maximum absolute atomic E-state index is 13.2. The molecule has 0 aromatic heterocycles. The number of hydrogen-bond donors (Lipinski definition) is 1. The molecule has 1 atom stereocenters. The van der Waals surface area contributed by atoms with Crippen LogP contribution in [-0.2, 0) is 10.0 Å². The molecule has 130 valence electrons. The molecule has 0 saturated heterocycles. The summed E-state index contributed by atoms with van der Waals surface area (Å²) >= 11 is 0. The van der Waals surface area contributed by atoms with Crippen molar-refractivity contribution in [3.05, 3.63) is 102 Å². The minimum absolute atomic E-state index is 0.147. The molecule has 0 amide bonds.